The summed E-state index contributed by atoms with van der Waals surface area (Å²) in [5.41, 5.74) is 0. The van der Waals surface area contributed by atoms with Crippen LogP contribution in [0.2, 0.25) is 0 Å². The van der Waals surface area contributed by atoms with E-state index >= 15 is 0 Å². The molecule has 0 rings (SSSR count). The molecule has 0 spiro atoms. The van der Waals surface area contributed by atoms with Gasteiger partial charge in [-0.2, -0.15) is 0 Å². The quantitative estimate of drug-likeness (QED) is 0.192. The van der Waals surface area contributed by atoms with E-state index in [1.54, 1.807) is 0 Å². The van der Waals surface area contributed by atoms with Crippen LogP contribution in [0.5, 0.6) is 0 Å². The second kappa shape index (κ2) is 20.3. The Bertz CT molecular complexity index is 328. The van der Waals surface area contributed by atoms with Gasteiger partial charge in [-0.15, -0.1) is 0 Å². The molecule has 154 valence electrons. The Kier molecular flexibility index (Phi) is 19.4. The Morgan fingerprint density at radius 3 is 1.50 bits per heavy atom. The van der Waals surface area contributed by atoms with E-state index in [-0.39, 0.29) is 12.4 Å². The average molecular weight is 371 g/mol. The van der Waals surface area contributed by atoms with Gasteiger partial charge < -0.3 is 9.84 Å². The molecule has 4 heteroatoms. The number of rotatable bonds is 20. The Labute approximate surface area is 161 Å². The van der Waals surface area contributed by atoms with Crippen LogP contribution >= 0.6 is 0 Å². The van der Waals surface area contributed by atoms with E-state index in [9.17, 15) is 9.59 Å². The summed E-state index contributed by atoms with van der Waals surface area (Å²) in [4.78, 5) is 21.8. The van der Waals surface area contributed by atoms with Crippen molar-refractivity contribution in [2.45, 2.75) is 122 Å². The van der Waals surface area contributed by atoms with Gasteiger partial charge in [0.05, 0.1) is 6.61 Å². The first-order valence-electron chi connectivity index (χ1n) is 11.0. The molecule has 0 unspecified atom stereocenters. The van der Waals surface area contributed by atoms with Crippen LogP contribution in [0.25, 0.3) is 0 Å². The van der Waals surface area contributed by atoms with Crippen molar-refractivity contribution in [1.82, 2.24) is 0 Å². The minimum Gasteiger partial charge on any atom is -0.481 e. The number of carbonyl (C=O) groups is 2. The number of aliphatic carboxylic acids is 1. The van der Waals surface area contributed by atoms with Crippen molar-refractivity contribution in [2.75, 3.05) is 6.61 Å². The largest absolute Gasteiger partial charge is 0.481 e. The van der Waals surface area contributed by atoms with Crippen molar-refractivity contribution in [3.63, 3.8) is 0 Å². The Hall–Kier alpha value is -1.06. The summed E-state index contributed by atoms with van der Waals surface area (Å²) in [5, 5.41) is 8.51. The maximum atomic E-state index is 11.5. The molecule has 0 aliphatic rings. The van der Waals surface area contributed by atoms with Crippen LogP contribution in [0.15, 0.2) is 0 Å². The van der Waals surface area contributed by atoms with Crippen LogP contribution in [0.1, 0.15) is 122 Å². The van der Waals surface area contributed by atoms with Crippen molar-refractivity contribution < 1.29 is 19.4 Å². The van der Waals surface area contributed by atoms with Gasteiger partial charge in [-0.3, -0.25) is 9.59 Å². The second-order valence-corrected chi connectivity index (χ2v) is 7.42. The monoisotopic (exact) mass is 370 g/mol. The van der Waals surface area contributed by atoms with Crippen molar-refractivity contribution in [3.05, 3.63) is 0 Å². The lowest BCUT2D eigenvalue weighted by Gasteiger charge is -2.05. The molecule has 0 aromatic carbocycles. The molecule has 0 fully saturated rings. The maximum Gasteiger partial charge on any atom is 0.305 e. The molecule has 4 nitrogen and oxygen atoms in total. The van der Waals surface area contributed by atoms with Crippen LogP contribution < -0.4 is 0 Å². The highest BCUT2D eigenvalue weighted by molar-refractivity contribution is 5.69. The number of carboxylic acids is 1. The lowest BCUT2D eigenvalue weighted by Crippen LogP contribution is -2.06. The van der Waals surface area contributed by atoms with Crippen LogP contribution in [0, 0.1) is 0 Å². The highest BCUT2D eigenvalue weighted by Crippen LogP contribution is 2.13. The highest BCUT2D eigenvalue weighted by Gasteiger charge is 2.04. The first-order chi connectivity index (χ1) is 12.7. The SMILES string of the molecule is CCCCCCCCCCCCCCCCOC(=O)CCCCC(=O)O. The fraction of sp³-hybridized carbons (Fsp3) is 0.909. The van der Waals surface area contributed by atoms with E-state index in [1.165, 1.54) is 77.0 Å². The van der Waals surface area contributed by atoms with Gasteiger partial charge in [-0.1, -0.05) is 90.4 Å². The molecule has 0 saturated carbocycles. The molecule has 26 heavy (non-hydrogen) atoms. The predicted octanol–water partition coefficient (Wildman–Crippen LogP) is 6.66. The molecular weight excluding hydrogens is 328 g/mol. The summed E-state index contributed by atoms with van der Waals surface area (Å²) in [7, 11) is 0. The molecule has 0 bridgehead atoms. The molecule has 1 N–H and O–H groups in total. The molecule has 0 amide bonds. The number of hydrogen-bond acceptors (Lipinski definition) is 3. The van der Waals surface area contributed by atoms with Gasteiger partial charge in [0.15, 0.2) is 0 Å². The summed E-state index contributed by atoms with van der Waals surface area (Å²) in [6.07, 6.45) is 20.1. The summed E-state index contributed by atoms with van der Waals surface area (Å²) >= 11 is 0. The Balaban J connectivity index is 3.12. The third kappa shape index (κ3) is 21.0. The van der Waals surface area contributed by atoms with Gasteiger partial charge in [-0.05, 0) is 19.3 Å². The van der Waals surface area contributed by atoms with Crippen molar-refractivity contribution in [3.8, 4) is 0 Å². The number of carbonyl (C=O) groups excluding carboxylic acids is 1. The standard InChI is InChI=1S/C22H42O4/c1-2-3-4-5-6-7-8-9-10-11-12-13-14-17-20-26-22(25)19-16-15-18-21(23)24/h2-20H2,1H3,(H,23,24). The van der Waals surface area contributed by atoms with E-state index < -0.39 is 5.97 Å². The van der Waals surface area contributed by atoms with E-state index in [2.05, 4.69) is 6.92 Å². The van der Waals surface area contributed by atoms with Crippen molar-refractivity contribution in [2.24, 2.45) is 0 Å². The number of hydrogen-bond donors (Lipinski definition) is 1. The number of carboxylic acid groups (broad SMARTS) is 1. The molecule has 0 aromatic heterocycles. The zero-order chi connectivity index (χ0) is 19.3. The van der Waals surface area contributed by atoms with Gasteiger partial charge in [-0.25, -0.2) is 0 Å². The average Bonchev–Trinajstić information content (AvgIpc) is 2.62. The minimum atomic E-state index is -0.805. The van der Waals surface area contributed by atoms with E-state index in [4.69, 9.17) is 9.84 Å². The summed E-state index contributed by atoms with van der Waals surface area (Å²) in [6.45, 7) is 2.77. The molecule has 0 radical (unpaired) electrons. The molecule has 0 aromatic rings. The summed E-state index contributed by atoms with van der Waals surface area (Å²) in [5.74, 6) is -0.995. The zero-order valence-corrected chi connectivity index (χ0v) is 17.1. The fourth-order valence-corrected chi connectivity index (χ4v) is 3.10. The maximum absolute atomic E-state index is 11.5. The van der Waals surface area contributed by atoms with Gasteiger partial charge in [0.1, 0.15) is 0 Å². The predicted molar refractivity (Wildman–Crippen MR) is 107 cm³/mol. The third-order valence-electron chi connectivity index (χ3n) is 4.78. The Morgan fingerprint density at radius 2 is 1.04 bits per heavy atom. The normalized spacial score (nSPS) is 10.8. The summed E-state index contributed by atoms with van der Waals surface area (Å²) < 4.78 is 5.17. The molecular formula is C22H42O4. The number of unbranched alkanes of at least 4 members (excludes halogenated alkanes) is 14. The molecule has 0 saturated heterocycles. The molecule has 0 aliphatic heterocycles. The van der Waals surface area contributed by atoms with Crippen molar-refractivity contribution in [1.29, 1.82) is 0 Å². The van der Waals surface area contributed by atoms with Gasteiger partial charge in [0, 0.05) is 12.8 Å². The molecule has 0 aliphatic carbocycles. The first kappa shape index (κ1) is 24.9. The topological polar surface area (TPSA) is 63.6 Å². The number of ether oxygens (including phenoxy) is 1. The molecule has 0 atom stereocenters. The van der Waals surface area contributed by atoms with Crippen LogP contribution in [-0.4, -0.2) is 23.7 Å². The fourth-order valence-electron chi connectivity index (χ4n) is 3.10. The van der Waals surface area contributed by atoms with Crippen LogP contribution in [0.3, 0.4) is 0 Å². The van der Waals surface area contributed by atoms with Gasteiger partial charge >= 0.3 is 11.9 Å². The Morgan fingerprint density at radius 1 is 0.615 bits per heavy atom. The lowest BCUT2D eigenvalue weighted by molar-refractivity contribution is -0.144. The molecule has 0 heterocycles. The smallest absolute Gasteiger partial charge is 0.305 e. The van der Waals surface area contributed by atoms with Crippen LogP contribution in [-0.2, 0) is 14.3 Å². The highest BCUT2D eigenvalue weighted by atomic mass is 16.5. The van der Waals surface area contributed by atoms with E-state index in [0.29, 0.717) is 25.9 Å². The zero-order valence-electron chi connectivity index (χ0n) is 17.1. The first-order valence-corrected chi connectivity index (χ1v) is 11.0. The summed E-state index contributed by atoms with van der Waals surface area (Å²) in [6, 6.07) is 0. The van der Waals surface area contributed by atoms with Gasteiger partial charge in [0.2, 0.25) is 0 Å². The van der Waals surface area contributed by atoms with Crippen LogP contribution in [0.4, 0.5) is 0 Å². The lowest BCUT2D eigenvalue weighted by atomic mass is 10.0. The third-order valence-corrected chi connectivity index (χ3v) is 4.78. The minimum absolute atomic E-state index is 0.131. The van der Waals surface area contributed by atoms with Crippen molar-refractivity contribution >= 4 is 11.9 Å². The van der Waals surface area contributed by atoms with Gasteiger partial charge in [0.25, 0.3) is 0 Å². The number of esters is 1. The second-order valence-electron chi connectivity index (χ2n) is 7.42. The van der Waals surface area contributed by atoms with E-state index in [0.717, 1.165) is 12.8 Å². The van der Waals surface area contributed by atoms with E-state index in [1.807, 2.05) is 0 Å².